The zero-order valence-corrected chi connectivity index (χ0v) is 11.2. The zero-order valence-electron chi connectivity index (χ0n) is 9.69. The van der Waals surface area contributed by atoms with Crippen molar-refractivity contribution in [1.82, 2.24) is 5.32 Å². The maximum atomic E-state index is 10.9. The van der Waals surface area contributed by atoms with E-state index in [1.165, 1.54) is 0 Å². The molecule has 0 bridgehead atoms. The number of morpholine rings is 1. The van der Waals surface area contributed by atoms with Crippen LogP contribution in [0, 0.1) is 0 Å². The molecule has 1 aliphatic heterocycles. The highest BCUT2D eigenvalue weighted by molar-refractivity contribution is 6.35. The molecule has 2 rings (SSSR count). The maximum absolute atomic E-state index is 10.9. The Bertz CT molecular complexity index is 467. The van der Waals surface area contributed by atoms with E-state index in [1.54, 1.807) is 25.1 Å². The first kappa shape index (κ1) is 13.6. The van der Waals surface area contributed by atoms with Crippen molar-refractivity contribution in [2.45, 2.75) is 25.2 Å². The number of carboxylic acid groups (broad SMARTS) is 1. The van der Waals surface area contributed by atoms with Gasteiger partial charge in [-0.15, -0.1) is 0 Å². The lowest BCUT2D eigenvalue weighted by atomic mass is 10.0. The number of hydrogen-bond donors (Lipinski definition) is 2. The number of nitrogens with one attached hydrogen (secondary N) is 1. The number of carbonyl (C=O) groups is 1. The van der Waals surface area contributed by atoms with Gasteiger partial charge in [-0.3, -0.25) is 10.1 Å². The molecule has 1 aliphatic rings. The number of hydrogen-bond acceptors (Lipinski definition) is 3. The minimum absolute atomic E-state index is 0.264. The van der Waals surface area contributed by atoms with Gasteiger partial charge in [-0.1, -0.05) is 29.3 Å². The van der Waals surface area contributed by atoms with Crippen molar-refractivity contribution in [3.63, 3.8) is 0 Å². The SMILES string of the molecule is CC1OC(c2ccc(Cl)cc2Cl)CNC1C(=O)O. The summed E-state index contributed by atoms with van der Waals surface area (Å²) in [5.74, 6) is -0.914. The van der Waals surface area contributed by atoms with Crippen molar-refractivity contribution in [1.29, 1.82) is 0 Å². The van der Waals surface area contributed by atoms with Gasteiger partial charge in [0, 0.05) is 22.2 Å². The fourth-order valence-electron chi connectivity index (χ4n) is 2.02. The molecule has 1 fully saturated rings. The van der Waals surface area contributed by atoms with Crippen molar-refractivity contribution in [3.8, 4) is 0 Å². The monoisotopic (exact) mass is 289 g/mol. The Morgan fingerprint density at radius 1 is 1.50 bits per heavy atom. The molecule has 1 heterocycles. The molecule has 18 heavy (non-hydrogen) atoms. The summed E-state index contributed by atoms with van der Waals surface area (Å²) in [6.45, 7) is 2.13. The molecular weight excluding hydrogens is 277 g/mol. The summed E-state index contributed by atoms with van der Waals surface area (Å²) in [5.41, 5.74) is 0.809. The predicted molar refractivity (Wildman–Crippen MR) is 69.2 cm³/mol. The number of aliphatic carboxylic acids is 1. The van der Waals surface area contributed by atoms with Crippen LogP contribution in [0.3, 0.4) is 0 Å². The van der Waals surface area contributed by atoms with Crippen LogP contribution >= 0.6 is 23.2 Å². The molecule has 0 saturated carbocycles. The first-order valence-electron chi connectivity index (χ1n) is 5.55. The fourth-order valence-corrected chi connectivity index (χ4v) is 2.55. The molecule has 4 nitrogen and oxygen atoms in total. The standard InChI is InChI=1S/C12H13Cl2NO3/c1-6-11(12(16)17)15-5-10(18-6)8-3-2-7(13)4-9(8)14/h2-4,6,10-11,15H,5H2,1H3,(H,16,17). The van der Waals surface area contributed by atoms with Crippen molar-refractivity contribution in [2.75, 3.05) is 6.54 Å². The number of benzene rings is 1. The molecule has 6 heteroatoms. The minimum Gasteiger partial charge on any atom is -0.480 e. The molecule has 1 aromatic rings. The van der Waals surface area contributed by atoms with Gasteiger partial charge >= 0.3 is 5.97 Å². The van der Waals surface area contributed by atoms with Gasteiger partial charge in [0.15, 0.2) is 0 Å². The molecule has 0 aliphatic carbocycles. The summed E-state index contributed by atoms with van der Waals surface area (Å²) < 4.78 is 5.70. The molecule has 98 valence electrons. The minimum atomic E-state index is -0.914. The molecule has 0 amide bonds. The number of ether oxygens (including phenoxy) is 1. The molecule has 0 aromatic heterocycles. The lowest BCUT2D eigenvalue weighted by molar-refractivity contribution is -0.149. The van der Waals surface area contributed by atoms with Gasteiger partial charge in [-0.2, -0.15) is 0 Å². The van der Waals surface area contributed by atoms with Crippen LogP contribution in [0.1, 0.15) is 18.6 Å². The normalized spacial score (nSPS) is 28.1. The van der Waals surface area contributed by atoms with E-state index in [-0.39, 0.29) is 6.10 Å². The third-order valence-electron chi connectivity index (χ3n) is 2.95. The summed E-state index contributed by atoms with van der Waals surface area (Å²) in [4.78, 5) is 10.9. The smallest absolute Gasteiger partial charge is 0.323 e. The lowest BCUT2D eigenvalue weighted by Crippen LogP contribution is -2.52. The molecule has 3 unspecified atom stereocenters. The van der Waals surface area contributed by atoms with Crippen molar-refractivity contribution in [3.05, 3.63) is 33.8 Å². The molecule has 1 saturated heterocycles. The topological polar surface area (TPSA) is 58.6 Å². The summed E-state index contributed by atoms with van der Waals surface area (Å²) >= 11 is 11.9. The van der Waals surface area contributed by atoms with Gasteiger partial charge in [0.25, 0.3) is 0 Å². The van der Waals surface area contributed by atoms with Gasteiger partial charge in [0.05, 0.1) is 12.2 Å². The number of halogens is 2. The van der Waals surface area contributed by atoms with Crippen LogP contribution in [0.25, 0.3) is 0 Å². The predicted octanol–water partition coefficient (Wildman–Crippen LogP) is 2.50. The van der Waals surface area contributed by atoms with E-state index in [4.69, 9.17) is 33.0 Å². The molecular formula is C12H13Cl2NO3. The van der Waals surface area contributed by atoms with Crippen LogP contribution in [0.4, 0.5) is 0 Å². The summed E-state index contributed by atoms with van der Waals surface area (Å²) in [6.07, 6.45) is -0.687. The van der Waals surface area contributed by atoms with Gasteiger partial charge in [0.1, 0.15) is 6.04 Å². The second-order valence-electron chi connectivity index (χ2n) is 4.22. The van der Waals surface area contributed by atoms with Crippen LogP contribution in [0.2, 0.25) is 10.0 Å². The summed E-state index contributed by atoms with van der Waals surface area (Å²) in [7, 11) is 0. The van der Waals surface area contributed by atoms with E-state index in [0.717, 1.165) is 5.56 Å². The molecule has 0 spiro atoms. The molecule has 3 atom stereocenters. The largest absolute Gasteiger partial charge is 0.480 e. The third kappa shape index (κ3) is 2.78. The molecule has 0 radical (unpaired) electrons. The first-order valence-corrected chi connectivity index (χ1v) is 6.31. The van der Waals surface area contributed by atoms with Gasteiger partial charge in [-0.25, -0.2) is 0 Å². The number of rotatable bonds is 2. The van der Waals surface area contributed by atoms with E-state index >= 15 is 0 Å². The fraction of sp³-hybridized carbons (Fsp3) is 0.417. The lowest BCUT2D eigenvalue weighted by Gasteiger charge is -2.34. The van der Waals surface area contributed by atoms with E-state index in [9.17, 15) is 4.79 Å². The summed E-state index contributed by atoms with van der Waals surface area (Å²) in [6, 6.07) is 4.49. The van der Waals surface area contributed by atoms with Crippen molar-refractivity contribution >= 4 is 29.2 Å². The highest BCUT2D eigenvalue weighted by atomic mass is 35.5. The Balaban J connectivity index is 2.15. The van der Waals surface area contributed by atoms with E-state index < -0.39 is 18.1 Å². The second-order valence-corrected chi connectivity index (χ2v) is 5.06. The van der Waals surface area contributed by atoms with Crippen LogP contribution in [0.15, 0.2) is 18.2 Å². The van der Waals surface area contributed by atoms with E-state index in [1.807, 2.05) is 0 Å². The second kappa shape index (κ2) is 5.45. The number of carboxylic acids is 1. The molecule has 2 N–H and O–H groups in total. The van der Waals surface area contributed by atoms with E-state index in [2.05, 4.69) is 5.32 Å². The Hall–Kier alpha value is -0.810. The third-order valence-corrected chi connectivity index (χ3v) is 3.51. The average molecular weight is 290 g/mol. The van der Waals surface area contributed by atoms with Crippen LogP contribution in [-0.2, 0) is 9.53 Å². The molecule has 1 aromatic carbocycles. The van der Waals surface area contributed by atoms with Crippen LogP contribution in [0.5, 0.6) is 0 Å². The summed E-state index contributed by atoms with van der Waals surface area (Å²) in [5, 5.41) is 13.0. The highest BCUT2D eigenvalue weighted by Crippen LogP contribution is 2.31. The van der Waals surface area contributed by atoms with Gasteiger partial charge < -0.3 is 9.84 Å². The highest BCUT2D eigenvalue weighted by Gasteiger charge is 2.33. The average Bonchev–Trinajstić information content (AvgIpc) is 2.28. The van der Waals surface area contributed by atoms with Gasteiger partial charge in [0.2, 0.25) is 0 Å². The quantitative estimate of drug-likeness (QED) is 0.878. The Labute approximate surface area is 115 Å². The Kier molecular flexibility index (Phi) is 4.12. The zero-order chi connectivity index (χ0) is 13.3. The van der Waals surface area contributed by atoms with Crippen LogP contribution in [-0.4, -0.2) is 29.8 Å². The van der Waals surface area contributed by atoms with Gasteiger partial charge in [-0.05, 0) is 19.1 Å². The maximum Gasteiger partial charge on any atom is 0.323 e. The van der Waals surface area contributed by atoms with Crippen molar-refractivity contribution < 1.29 is 14.6 Å². The first-order chi connectivity index (χ1) is 8.49. The van der Waals surface area contributed by atoms with E-state index in [0.29, 0.717) is 16.6 Å². The Morgan fingerprint density at radius 3 is 2.78 bits per heavy atom. The van der Waals surface area contributed by atoms with Crippen LogP contribution < -0.4 is 5.32 Å². The van der Waals surface area contributed by atoms with Crippen molar-refractivity contribution in [2.24, 2.45) is 0 Å². The Morgan fingerprint density at radius 2 is 2.22 bits per heavy atom.